The van der Waals surface area contributed by atoms with E-state index in [1.165, 1.54) is 23.5 Å². The molecule has 0 spiro atoms. The number of halogens is 1. The lowest BCUT2D eigenvalue weighted by Gasteiger charge is -2.15. The molecule has 1 unspecified atom stereocenters. The van der Waals surface area contributed by atoms with Gasteiger partial charge in [-0.25, -0.2) is 4.98 Å². The summed E-state index contributed by atoms with van der Waals surface area (Å²) >= 11 is 5.41. The average Bonchev–Trinajstić information content (AvgIpc) is 2.23. The molecule has 1 aromatic rings. The van der Waals surface area contributed by atoms with E-state index in [9.17, 15) is 0 Å². The van der Waals surface area contributed by atoms with Crippen molar-refractivity contribution in [2.45, 2.75) is 33.2 Å². The van der Waals surface area contributed by atoms with Crippen LogP contribution in [0.1, 0.15) is 25.8 Å². The largest absolute Gasteiger partial charge is 0.367 e. The standard InChI is InChI=1S/C12H19BrN2S/c1-4-16-6-5-10(3)15-12-9(2)7-11(13)8-14-12/h7-8,10H,4-6H2,1-3H3,(H,14,15). The Morgan fingerprint density at radius 3 is 2.94 bits per heavy atom. The third kappa shape index (κ3) is 4.74. The summed E-state index contributed by atoms with van der Waals surface area (Å²) in [6, 6.07) is 2.56. The molecule has 1 N–H and O–H groups in total. The molecule has 1 atom stereocenters. The van der Waals surface area contributed by atoms with Gasteiger partial charge in [-0.1, -0.05) is 6.92 Å². The van der Waals surface area contributed by atoms with Crippen molar-refractivity contribution in [3.8, 4) is 0 Å². The van der Waals surface area contributed by atoms with Gasteiger partial charge in [-0.05, 0) is 59.3 Å². The number of nitrogens with zero attached hydrogens (tertiary/aromatic N) is 1. The first-order chi connectivity index (χ1) is 7.63. The van der Waals surface area contributed by atoms with Crippen molar-refractivity contribution < 1.29 is 0 Å². The van der Waals surface area contributed by atoms with Crippen LogP contribution in [0.15, 0.2) is 16.7 Å². The summed E-state index contributed by atoms with van der Waals surface area (Å²) in [6.45, 7) is 6.48. The van der Waals surface area contributed by atoms with Gasteiger partial charge in [-0.2, -0.15) is 11.8 Å². The fourth-order valence-corrected chi connectivity index (χ4v) is 2.66. The Balaban J connectivity index is 2.46. The van der Waals surface area contributed by atoms with Crippen molar-refractivity contribution in [2.24, 2.45) is 0 Å². The third-order valence-corrected chi connectivity index (χ3v) is 3.69. The smallest absolute Gasteiger partial charge is 0.129 e. The zero-order valence-electron chi connectivity index (χ0n) is 10.1. The van der Waals surface area contributed by atoms with Crippen LogP contribution < -0.4 is 5.32 Å². The average molecular weight is 303 g/mol. The Labute approximate surface area is 111 Å². The molecule has 1 aromatic heterocycles. The van der Waals surface area contributed by atoms with Crippen LogP contribution in [0.2, 0.25) is 0 Å². The lowest BCUT2D eigenvalue weighted by molar-refractivity contribution is 0.765. The van der Waals surface area contributed by atoms with Crippen molar-refractivity contribution in [3.63, 3.8) is 0 Å². The van der Waals surface area contributed by atoms with Crippen molar-refractivity contribution in [2.75, 3.05) is 16.8 Å². The van der Waals surface area contributed by atoms with Crippen LogP contribution in [0.25, 0.3) is 0 Å². The van der Waals surface area contributed by atoms with E-state index in [1.54, 1.807) is 0 Å². The molecule has 0 bridgehead atoms. The van der Waals surface area contributed by atoms with Gasteiger partial charge in [-0.3, -0.25) is 0 Å². The zero-order chi connectivity index (χ0) is 12.0. The number of pyridine rings is 1. The van der Waals surface area contributed by atoms with E-state index in [1.807, 2.05) is 18.0 Å². The van der Waals surface area contributed by atoms with E-state index < -0.39 is 0 Å². The number of rotatable bonds is 6. The third-order valence-electron chi connectivity index (χ3n) is 2.33. The Morgan fingerprint density at radius 2 is 2.31 bits per heavy atom. The van der Waals surface area contributed by atoms with Gasteiger partial charge < -0.3 is 5.32 Å². The number of aryl methyl sites for hydroxylation is 1. The van der Waals surface area contributed by atoms with E-state index >= 15 is 0 Å². The van der Waals surface area contributed by atoms with Crippen LogP contribution in [0, 0.1) is 6.92 Å². The summed E-state index contributed by atoms with van der Waals surface area (Å²) in [5.74, 6) is 3.40. The van der Waals surface area contributed by atoms with E-state index in [-0.39, 0.29) is 0 Å². The molecule has 0 saturated carbocycles. The molecule has 0 radical (unpaired) electrons. The molecule has 0 aliphatic rings. The summed E-state index contributed by atoms with van der Waals surface area (Å²) in [6.07, 6.45) is 3.01. The molecule has 90 valence electrons. The second kappa shape index (κ2) is 7.17. The highest BCUT2D eigenvalue weighted by Crippen LogP contribution is 2.18. The summed E-state index contributed by atoms with van der Waals surface area (Å²) in [5, 5.41) is 3.45. The van der Waals surface area contributed by atoms with Crippen LogP contribution in [-0.2, 0) is 0 Å². The van der Waals surface area contributed by atoms with Gasteiger partial charge in [0.1, 0.15) is 5.82 Å². The van der Waals surface area contributed by atoms with E-state index in [0.29, 0.717) is 6.04 Å². The Morgan fingerprint density at radius 1 is 1.56 bits per heavy atom. The van der Waals surface area contributed by atoms with Crippen molar-refractivity contribution in [3.05, 3.63) is 22.3 Å². The lowest BCUT2D eigenvalue weighted by Crippen LogP contribution is -2.17. The summed E-state index contributed by atoms with van der Waals surface area (Å²) in [5.41, 5.74) is 1.18. The number of aromatic nitrogens is 1. The number of thioether (sulfide) groups is 1. The van der Waals surface area contributed by atoms with Crippen molar-refractivity contribution in [1.29, 1.82) is 0 Å². The van der Waals surface area contributed by atoms with Gasteiger partial charge in [0, 0.05) is 16.7 Å². The highest BCUT2D eigenvalue weighted by atomic mass is 79.9. The first kappa shape index (κ1) is 13.8. The SMILES string of the molecule is CCSCCC(C)Nc1ncc(Br)cc1C. The highest BCUT2D eigenvalue weighted by molar-refractivity contribution is 9.10. The molecule has 0 amide bonds. The van der Waals surface area contributed by atoms with Crippen LogP contribution in [-0.4, -0.2) is 22.5 Å². The first-order valence-corrected chi connectivity index (χ1v) is 7.54. The van der Waals surface area contributed by atoms with E-state index in [0.717, 1.165) is 10.3 Å². The predicted octanol–water partition coefficient (Wildman–Crippen LogP) is 4.10. The fourth-order valence-electron chi connectivity index (χ4n) is 1.40. The first-order valence-electron chi connectivity index (χ1n) is 5.60. The van der Waals surface area contributed by atoms with Crippen molar-refractivity contribution in [1.82, 2.24) is 4.98 Å². The Kier molecular flexibility index (Phi) is 6.21. The molecule has 2 nitrogen and oxygen atoms in total. The second-order valence-corrected chi connectivity index (χ2v) is 6.16. The minimum atomic E-state index is 0.478. The maximum atomic E-state index is 4.38. The van der Waals surface area contributed by atoms with Gasteiger partial charge in [0.15, 0.2) is 0 Å². The quantitative estimate of drug-likeness (QED) is 0.801. The summed E-state index contributed by atoms with van der Waals surface area (Å²) in [4.78, 5) is 4.38. The van der Waals surface area contributed by atoms with Gasteiger partial charge >= 0.3 is 0 Å². The van der Waals surface area contributed by atoms with Gasteiger partial charge in [-0.15, -0.1) is 0 Å². The molecule has 0 fully saturated rings. The van der Waals surface area contributed by atoms with Gasteiger partial charge in [0.25, 0.3) is 0 Å². The predicted molar refractivity (Wildman–Crippen MR) is 77.4 cm³/mol. The molecule has 0 saturated heterocycles. The van der Waals surface area contributed by atoms with Crippen molar-refractivity contribution >= 4 is 33.5 Å². The molecule has 0 aliphatic heterocycles. The fraction of sp³-hybridized carbons (Fsp3) is 0.583. The van der Waals surface area contributed by atoms with Crippen LogP contribution in [0.5, 0.6) is 0 Å². The molecule has 0 aromatic carbocycles. The van der Waals surface area contributed by atoms with Gasteiger partial charge in [0.2, 0.25) is 0 Å². The molecular weight excluding hydrogens is 284 g/mol. The topological polar surface area (TPSA) is 24.9 Å². The highest BCUT2D eigenvalue weighted by Gasteiger charge is 2.05. The van der Waals surface area contributed by atoms with Crippen LogP contribution >= 0.6 is 27.7 Å². The van der Waals surface area contributed by atoms with Crippen LogP contribution in [0.4, 0.5) is 5.82 Å². The summed E-state index contributed by atoms with van der Waals surface area (Å²) < 4.78 is 1.03. The van der Waals surface area contributed by atoms with E-state index in [4.69, 9.17) is 0 Å². The molecule has 16 heavy (non-hydrogen) atoms. The second-order valence-electron chi connectivity index (χ2n) is 3.85. The maximum absolute atomic E-state index is 4.38. The number of hydrogen-bond acceptors (Lipinski definition) is 3. The molecule has 0 aliphatic carbocycles. The van der Waals surface area contributed by atoms with E-state index in [2.05, 4.69) is 53.1 Å². The monoisotopic (exact) mass is 302 g/mol. The Bertz CT molecular complexity index is 331. The minimum Gasteiger partial charge on any atom is -0.367 e. The number of nitrogens with one attached hydrogen (secondary N) is 1. The maximum Gasteiger partial charge on any atom is 0.129 e. The number of anilines is 1. The lowest BCUT2D eigenvalue weighted by atomic mass is 10.2. The zero-order valence-corrected chi connectivity index (χ0v) is 12.5. The van der Waals surface area contributed by atoms with Crippen LogP contribution in [0.3, 0.4) is 0 Å². The molecule has 4 heteroatoms. The molecule has 1 heterocycles. The molecule has 1 rings (SSSR count). The minimum absolute atomic E-state index is 0.478. The molecular formula is C12H19BrN2S. The number of hydrogen-bond donors (Lipinski definition) is 1. The Hall–Kier alpha value is -0.220. The summed E-state index contributed by atoms with van der Waals surface area (Å²) in [7, 11) is 0. The van der Waals surface area contributed by atoms with Gasteiger partial charge in [0.05, 0.1) is 0 Å². The normalized spacial score (nSPS) is 12.5.